The fourth-order valence-electron chi connectivity index (χ4n) is 8.66. The first-order chi connectivity index (χ1) is 32.7. The molecule has 0 bridgehead atoms. The summed E-state index contributed by atoms with van der Waals surface area (Å²) in [6, 6.07) is 0. The third-order valence-corrected chi connectivity index (χ3v) is 13.3. The Morgan fingerprint density at radius 2 is 0.882 bits per heavy atom. The van der Waals surface area contributed by atoms with Gasteiger partial charge in [0.25, 0.3) is 0 Å². The maximum atomic E-state index is 10.9. The van der Waals surface area contributed by atoms with Crippen LogP contribution in [-0.2, 0) is 28.4 Å². The first-order valence-corrected chi connectivity index (χ1v) is 25.8. The second-order valence-electron chi connectivity index (χ2n) is 19.3. The summed E-state index contributed by atoms with van der Waals surface area (Å²) < 4.78 is 35.3. The Labute approximate surface area is 405 Å². The number of ether oxygens (including phenoxy) is 6. The molecular weight excluding hydrogens is 893 g/mol. The van der Waals surface area contributed by atoms with Crippen LogP contribution in [0.1, 0.15) is 162 Å². The van der Waals surface area contributed by atoms with Gasteiger partial charge in [0.1, 0.15) is 54.9 Å². The van der Waals surface area contributed by atoms with Crippen molar-refractivity contribution in [2.24, 2.45) is 11.3 Å². The molecule has 2 aliphatic rings. The van der Waals surface area contributed by atoms with Gasteiger partial charge >= 0.3 is 0 Å². The molecule has 0 aromatic carbocycles. The summed E-state index contributed by atoms with van der Waals surface area (Å²) in [4.78, 5) is 0. The molecule has 404 valence electrons. The maximum absolute atomic E-state index is 10.9. The zero-order valence-electron chi connectivity index (χ0n) is 41.2. The van der Waals surface area contributed by atoms with Gasteiger partial charge in [0, 0.05) is 19.6 Å². The molecule has 12 atom stereocenters. The topological polar surface area (TPSA) is 318 Å². The Morgan fingerprint density at radius 3 is 1.26 bits per heavy atom. The van der Waals surface area contributed by atoms with Gasteiger partial charge in [0.2, 0.25) is 6.29 Å². The first kappa shape index (κ1) is 62.8. The van der Waals surface area contributed by atoms with Crippen LogP contribution < -0.4 is 0 Å². The summed E-state index contributed by atoms with van der Waals surface area (Å²) >= 11 is 0. The third-order valence-electron chi connectivity index (χ3n) is 13.3. The van der Waals surface area contributed by atoms with Crippen LogP contribution in [0.5, 0.6) is 0 Å². The zero-order chi connectivity index (χ0) is 50.3. The number of aliphatic hydroxyl groups excluding tert-OH is 13. The maximum Gasteiger partial charge on any atom is 0.217 e. The van der Waals surface area contributed by atoms with Gasteiger partial charge in [-0.05, 0) is 18.8 Å². The SMILES string of the molecule is CCCCCCCCCCCCC(CCCCCCCCCCCC)COCC(CO[C@@H]1OC(CO)[C@@H](O)C(O)C1O)(CO[C@@H]1OC(CO)[C@@H](O)C(O)C1O)CO[C@H](O)/C(O)=C(/O)[C@H](O)CCO. The standard InChI is InChI=1S/C49H94O19/c1-3-5-7-9-11-13-15-17-19-21-23-34(24-22-20-18-16-14-12-10-8-6-4-2)29-63-30-49(31-64-46(62)43(59)38(54)35(53)25-26-50,32-65-47-44(60)41(57)39(55)36(27-51)67-47)33-66-48-45(61)42(58)40(56)37(28-52)68-48/h34-37,39-42,44-48,50-62H,3-33H2,1-2H3/b43-38-/t35-,36?,37?,39-,40-,41?,42?,44?,45?,46+,47-,48-,49?/m1/s1. The fourth-order valence-corrected chi connectivity index (χ4v) is 8.66. The van der Waals surface area contributed by atoms with Crippen molar-refractivity contribution >= 4 is 0 Å². The fraction of sp³-hybridized carbons (Fsp3) is 0.959. The van der Waals surface area contributed by atoms with Crippen molar-refractivity contribution in [3.8, 4) is 0 Å². The van der Waals surface area contributed by atoms with E-state index in [9.17, 15) is 66.4 Å². The second kappa shape index (κ2) is 36.6. The van der Waals surface area contributed by atoms with E-state index in [0.717, 1.165) is 51.4 Å². The molecule has 19 nitrogen and oxygen atoms in total. The third kappa shape index (κ3) is 23.0. The van der Waals surface area contributed by atoms with Crippen molar-refractivity contribution in [2.75, 3.05) is 52.9 Å². The largest absolute Gasteiger partial charge is 0.506 e. The average Bonchev–Trinajstić information content (AvgIpc) is 3.34. The number of aliphatic hydroxyl groups is 13. The predicted octanol–water partition coefficient (Wildman–Crippen LogP) is 3.27. The Hall–Kier alpha value is -1.34. The molecule has 6 unspecified atom stereocenters. The highest BCUT2D eigenvalue weighted by molar-refractivity contribution is 5.06. The van der Waals surface area contributed by atoms with Crippen molar-refractivity contribution in [2.45, 2.75) is 235 Å². The van der Waals surface area contributed by atoms with Crippen molar-refractivity contribution < 1.29 is 94.8 Å². The van der Waals surface area contributed by atoms with Crippen LogP contribution in [0.25, 0.3) is 0 Å². The highest BCUT2D eigenvalue weighted by Gasteiger charge is 2.48. The zero-order valence-corrected chi connectivity index (χ0v) is 41.2. The quantitative estimate of drug-likeness (QED) is 0.0238. The molecule has 2 rings (SSSR count). The molecule has 2 heterocycles. The molecule has 0 aromatic rings. The van der Waals surface area contributed by atoms with E-state index in [0.29, 0.717) is 0 Å². The Morgan fingerprint density at radius 1 is 0.485 bits per heavy atom. The van der Waals surface area contributed by atoms with Gasteiger partial charge in [-0.25, -0.2) is 0 Å². The molecule has 0 radical (unpaired) electrons. The number of hydrogen-bond acceptors (Lipinski definition) is 19. The smallest absolute Gasteiger partial charge is 0.217 e. The van der Waals surface area contributed by atoms with E-state index in [4.69, 9.17) is 28.4 Å². The van der Waals surface area contributed by atoms with Gasteiger partial charge in [-0.2, -0.15) is 0 Å². The van der Waals surface area contributed by atoms with Gasteiger partial charge in [0.05, 0.1) is 45.1 Å². The van der Waals surface area contributed by atoms with Crippen LogP contribution in [0, 0.1) is 11.3 Å². The molecular formula is C49H94O19. The molecule has 2 fully saturated rings. The summed E-state index contributed by atoms with van der Waals surface area (Å²) in [6.45, 7) is 0.561. The van der Waals surface area contributed by atoms with Crippen molar-refractivity contribution in [1.29, 1.82) is 0 Å². The molecule has 0 spiro atoms. The molecule has 0 amide bonds. The molecule has 0 aliphatic carbocycles. The number of unbranched alkanes of at least 4 members (excludes halogenated alkanes) is 18. The van der Waals surface area contributed by atoms with Gasteiger partial charge in [-0.3, -0.25) is 0 Å². The lowest BCUT2D eigenvalue weighted by atomic mass is 9.91. The van der Waals surface area contributed by atoms with Crippen molar-refractivity contribution in [1.82, 2.24) is 0 Å². The molecule has 0 aromatic heterocycles. The molecule has 0 saturated carbocycles. The van der Waals surface area contributed by atoms with E-state index in [1.807, 2.05) is 0 Å². The summed E-state index contributed by atoms with van der Waals surface area (Å²) in [5.41, 5.74) is -1.64. The normalized spacial score (nSPS) is 27.9. The number of hydrogen-bond donors (Lipinski definition) is 13. The summed E-state index contributed by atoms with van der Waals surface area (Å²) in [5.74, 6) is -2.10. The van der Waals surface area contributed by atoms with Crippen LogP contribution in [0.4, 0.5) is 0 Å². The Balaban J connectivity index is 2.38. The van der Waals surface area contributed by atoms with E-state index in [1.165, 1.54) is 89.9 Å². The molecule has 2 aliphatic heterocycles. The molecule has 68 heavy (non-hydrogen) atoms. The van der Waals surface area contributed by atoms with Crippen LogP contribution in [0.3, 0.4) is 0 Å². The number of rotatable bonds is 41. The van der Waals surface area contributed by atoms with E-state index in [2.05, 4.69) is 13.8 Å². The Bertz CT molecular complexity index is 1200. The lowest BCUT2D eigenvalue weighted by molar-refractivity contribution is -0.323. The van der Waals surface area contributed by atoms with Crippen LogP contribution in [0.2, 0.25) is 0 Å². The highest BCUT2D eigenvalue weighted by atomic mass is 16.7. The molecule has 19 heteroatoms. The van der Waals surface area contributed by atoms with Crippen LogP contribution in [-0.4, -0.2) is 193 Å². The highest BCUT2D eigenvalue weighted by Crippen LogP contribution is 2.31. The van der Waals surface area contributed by atoms with Gasteiger partial charge in [-0.15, -0.1) is 0 Å². The minimum atomic E-state index is -2.28. The van der Waals surface area contributed by atoms with Crippen LogP contribution in [0.15, 0.2) is 11.5 Å². The van der Waals surface area contributed by atoms with E-state index < -0.39 is 130 Å². The van der Waals surface area contributed by atoms with Gasteiger partial charge < -0.3 is 94.8 Å². The summed E-state index contributed by atoms with van der Waals surface area (Å²) in [5, 5.41) is 135. The minimum Gasteiger partial charge on any atom is -0.506 e. The Kier molecular flexibility index (Phi) is 33.7. The first-order valence-electron chi connectivity index (χ1n) is 25.8. The second-order valence-corrected chi connectivity index (χ2v) is 19.3. The predicted molar refractivity (Wildman–Crippen MR) is 251 cm³/mol. The van der Waals surface area contributed by atoms with Crippen molar-refractivity contribution in [3.05, 3.63) is 11.5 Å². The molecule has 13 N–H and O–H groups in total. The molecule has 2 saturated heterocycles. The van der Waals surface area contributed by atoms with Crippen LogP contribution >= 0.6 is 0 Å². The lowest BCUT2D eigenvalue weighted by Crippen LogP contribution is -2.60. The summed E-state index contributed by atoms with van der Waals surface area (Å²) in [6.07, 6.45) is 4.63. The van der Waals surface area contributed by atoms with E-state index in [1.54, 1.807) is 0 Å². The average molecular weight is 987 g/mol. The van der Waals surface area contributed by atoms with Gasteiger partial charge in [-0.1, -0.05) is 142 Å². The van der Waals surface area contributed by atoms with E-state index in [-0.39, 0.29) is 25.6 Å². The minimum absolute atomic E-state index is 0.136. The van der Waals surface area contributed by atoms with Crippen molar-refractivity contribution in [3.63, 3.8) is 0 Å². The van der Waals surface area contributed by atoms with E-state index >= 15 is 0 Å². The van der Waals surface area contributed by atoms with Gasteiger partial charge in [0.15, 0.2) is 24.1 Å². The summed E-state index contributed by atoms with van der Waals surface area (Å²) in [7, 11) is 0. The monoisotopic (exact) mass is 987 g/mol. The lowest BCUT2D eigenvalue weighted by Gasteiger charge is -2.43.